The Morgan fingerprint density at radius 3 is 2.12 bits per heavy atom. The first kappa shape index (κ1) is 19.3. The van der Waals surface area contributed by atoms with Crippen molar-refractivity contribution < 1.29 is 30.6 Å². The van der Waals surface area contributed by atoms with Crippen molar-refractivity contribution >= 4 is 31.8 Å². The fourth-order valence-electron chi connectivity index (χ4n) is 2.74. The van der Waals surface area contributed by atoms with Crippen LogP contribution in [0.1, 0.15) is 5.56 Å². The number of sulfone groups is 1. The summed E-state index contributed by atoms with van der Waals surface area (Å²) in [7, 11) is -8.02. The van der Waals surface area contributed by atoms with Gasteiger partial charge in [-0.1, -0.05) is 17.7 Å². The predicted octanol–water partition coefficient (Wildman–Crippen LogP) is -1.30. The van der Waals surface area contributed by atoms with Gasteiger partial charge in [0.2, 0.25) is 11.8 Å². The minimum Gasteiger partial charge on any atom is -0.369 e. The summed E-state index contributed by atoms with van der Waals surface area (Å²) in [5, 5.41) is 0. The first-order valence-corrected chi connectivity index (χ1v) is 10.4. The number of nitrogens with two attached hydrogens (primary N) is 2. The van der Waals surface area contributed by atoms with E-state index in [9.17, 15) is 26.4 Å². The predicted molar refractivity (Wildman–Crippen MR) is 87.3 cm³/mol. The zero-order valence-corrected chi connectivity index (χ0v) is 14.9. The minimum atomic E-state index is -4.30. The lowest BCUT2D eigenvalue weighted by Crippen LogP contribution is -2.45. The van der Waals surface area contributed by atoms with Gasteiger partial charge in [-0.05, 0) is 19.1 Å². The molecule has 1 aromatic carbocycles. The fraction of sp³-hybridized carbons (Fsp3) is 0.429. The molecule has 25 heavy (non-hydrogen) atoms. The molecule has 4 N–H and O–H groups in total. The SMILES string of the molecule is Cc1ccc(S(=O)(=O)O[C@H]2CS(=O)(=O)C[C@@H]2C(C(N)=O)C(N)=O)cc1. The molecule has 138 valence electrons. The maximum absolute atomic E-state index is 12.4. The van der Waals surface area contributed by atoms with Crippen molar-refractivity contribution in [3.8, 4) is 0 Å². The largest absolute Gasteiger partial charge is 0.369 e. The Kier molecular flexibility index (Phi) is 5.21. The summed E-state index contributed by atoms with van der Waals surface area (Å²) in [6, 6.07) is 5.72. The number of hydrogen-bond acceptors (Lipinski definition) is 7. The van der Waals surface area contributed by atoms with Crippen LogP contribution >= 0.6 is 0 Å². The lowest BCUT2D eigenvalue weighted by molar-refractivity contribution is -0.134. The van der Waals surface area contributed by atoms with Gasteiger partial charge >= 0.3 is 0 Å². The molecule has 1 heterocycles. The van der Waals surface area contributed by atoms with Gasteiger partial charge in [-0.15, -0.1) is 0 Å². The van der Waals surface area contributed by atoms with E-state index in [0.29, 0.717) is 0 Å². The summed E-state index contributed by atoms with van der Waals surface area (Å²) < 4.78 is 53.5. The molecule has 0 radical (unpaired) electrons. The van der Waals surface area contributed by atoms with Gasteiger partial charge in [0, 0.05) is 5.92 Å². The number of amides is 2. The maximum Gasteiger partial charge on any atom is 0.297 e. The third-order valence-electron chi connectivity index (χ3n) is 3.94. The second kappa shape index (κ2) is 6.73. The van der Waals surface area contributed by atoms with Gasteiger partial charge in [0.1, 0.15) is 5.92 Å². The highest BCUT2D eigenvalue weighted by molar-refractivity contribution is 7.91. The molecule has 2 rings (SSSR count). The summed E-state index contributed by atoms with van der Waals surface area (Å²) in [6.07, 6.45) is -1.43. The summed E-state index contributed by atoms with van der Waals surface area (Å²) >= 11 is 0. The molecule has 9 nitrogen and oxygen atoms in total. The van der Waals surface area contributed by atoms with E-state index in [4.69, 9.17) is 15.7 Å². The second-order valence-corrected chi connectivity index (χ2v) is 9.65. The lowest BCUT2D eigenvalue weighted by atomic mass is 9.89. The molecule has 0 aliphatic carbocycles. The Labute approximate surface area is 145 Å². The number of primary amides is 2. The van der Waals surface area contributed by atoms with E-state index < -0.39 is 61.2 Å². The van der Waals surface area contributed by atoms with Crippen LogP contribution in [-0.2, 0) is 33.7 Å². The standard InChI is InChI=1S/C14H18N2O7S2/c1-8-2-4-9(5-3-8)25(21,22)23-11-7-24(19,20)6-10(11)12(13(15)17)14(16)18/h2-5,10-12H,6-7H2,1H3,(H2,15,17)(H2,16,18)/t10-,11-/m0/s1. The van der Waals surface area contributed by atoms with Gasteiger partial charge in [-0.2, -0.15) is 8.42 Å². The van der Waals surface area contributed by atoms with E-state index >= 15 is 0 Å². The average molecular weight is 390 g/mol. The van der Waals surface area contributed by atoms with E-state index in [1.54, 1.807) is 19.1 Å². The van der Waals surface area contributed by atoms with Crippen LogP contribution in [0, 0.1) is 18.8 Å². The van der Waals surface area contributed by atoms with E-state index in [0.717, 1.165) is 5.56 Å². The number of aryl methyl sites for hydroxylation is 1. The molecule has 0 saturated carbocycles. The molecular weight excluding hydrogens is 372 g/mol. The van der Waals surface area contributed by atoms with E-state index in [-0.39, 0.29) is 4.90 Å². The summed E-state index contributed by atoms with van der Waals surface area (Å²) in [5.41, 5.74) is 11.1. The molecule has 0 unspecified atom stereocenters. The normalized spacial score (nSPS) is 22.8. The molecule has 1 saturated heterocycles. The molecule has 1 fully saturated rings. The van der Waals surface area contributed by atoms with Crippen LogP contribution in [0.5, 0.6) is 0 Å². The van der Waals surface area contributed by atoms with Crippen molar-refractivity contribution in [3.63, 3.8) is 0 Å². The van der Waals surface area contributed by atoms with Crippen LogP contribution in [0.15, 0.2) is 29.2 Å². The van der Waals surface area contributed by atoms with Gasteiger partial charge in [0.15, 0.2) is 9.84 Å². The van der Waals surface area contributed by atoms with E-state index in [1.807, 2.05) is 0 Å². The first-order valence-electron chi connectivity index (χ1n) is 7.22. The van der Waals surface area contributed by atoms with Gasteiger partial charge in [0.25, 0.3) is 10.1 Å². The molecule has 0 bridgehead atoms. The zero-order chi connectivity index (χ0) is 19.0. The molecular formula is C14H18N2O7S2. The van der Waals surface area contributed by atoms with Crippen molar-refractivity contribution in [1.29, 1.82) is 0 Å². The Morgan fingerprint density at radius 1 is 1.12 bits per heavy atom. The Bertz CT molecular complexity index is 878. The van der Waals surface area contributed by atoms with Crippen LogP contribution in [0.4, 0.5) is 0 Å². The first-order chi connectivity index (χ1) is 11.4. The Hall–Kier alpha value is -1.98. The van der Waals surface area contributed by atoms with Crippen molar-refractivity contribution in [3.05, 3.63) is 29.8 Å². The third-order valence-corrected chi connectivity index (χ3v) is 7.02. The molecule has 1 aliphatic heterocycles. The van der Waals surface area contributed by atoms with Gasteiger partial charge < -0.3 is 11.5 Å². The third kappa shape index (κ3) is 4.35. The van der Waals surface area contributed by atoms with Gasteiger partial charge in [0.05, 0.1) is 22.5 Å². The van der Waals surface area contributed by atoms with Gasteiger partial charge in [-0.3, -0.25) is 13.8 Å². The molecule has 2 amide bonds. The Morgan fingerprint density at radius 2 is 1.64 bits per heavy atom. The van der Waals surface area contributed by atoms with Crippen LogP contribution in [0.2, 0.25) is 0 Å². The van der Waals surface area contributed by atoms with Crippen LogP contribution in [0.25, 0.3) is 0 Å². The summed E-state index contributed by atoms with van der Waals surface area (Å²) in [5.74, 6) is -6.43. The minimum absolute atomic E-state index is 0.171. The monoisotopic (exact) mass is 390 g/mol. The lowest BCUT2D eigenvalue weighted by Gasteiger charge is -2.22. The quantitative estimate of drug-likeness (QED) is 0.450. The number of benzene rings is 1. The highest BCUT2D eigenvalue weighted by atomic mass is 32.2. The Balaban J connectivity index is 2.36. The van der Waals surface area contributed by atoms with Crippen molar-refractivity contribution in [2.45, 2.75) is 17.9 Å². The molecule has 1 aliphatic rings. The van der Waals surface area contributed by atoms with Crippen molar-refractivity contribution in [1.82, 2.24) is 0 Å². The molecule has 1 aromatic rings. The van der Waals surface area contributed by atoms with Gasteiger partial charge in [-0.25, -0.2) is 8.42 Å². The average Bonchev–Trinajstić information content (AvgIpc) is 2.72. The number of carbonyl (C=O) groups excluding carboxylic acids is 2. The fourth-order valence-corrected chi connectivity index (χ4v) is 5.89. The number of rotatable bonds is 6. The highest BCUT2D eigenvalue weighted by Gasteiger charge is 2.48. The zero-order valence-electron chi connectivity index (χ0n) is 13.3. The molecule has 0 aromatic heterocycles. The summed E-state index contributed by atoms with van der Waals surface area (Å²) in [6.45, 7) is 1.77. The van der Waals surface area contributed by atoms with Crippen LogP contribution in [-0.4, -0.2) is 46.3 Å². The van der Waals surface area contributed by atoms with Crippen LogP contribution < -0.4 is 11.5 Å². The highest BCUT2D eigenvalue weighted by Crippen LogP contribution is 2.31. The number of carbonyl (C=O) groups is 2. The molecule has 2 atom stereocenters. The van der Waals surface area contributed by atoms with Crippen molar-refractivity contribution in [2.75, 3.05) is 11.5 Å². The number of hydrogen-bond donors (Lipinski definition) is 2. The molecule has 11 heteroatoms. The maximum atomic E-state index is 12.4. The smallest absolute Gasteiger partial charge is 0.297 e. The second-order valence-electron chi connectivity index (χ2n) is 5.93. The van der Waals surface area contributed by atoms with Crippen molar-refractivity contribution in [2.24, 2.45) is 23.3 Å². The topological polar surface area (TPSA) is 164 Å². The summed E-state index contributed by atoms with van der Waals surface area (Å²) in [4.78, 5) is 22.8. The van der Waals surface area contributed by atoms with E-state index in [1.165, 1.54) is 12.1 Å². The van der Waals surface area contributed by atoms with Crippen LogP contribution in [0.3, 0.4) is 0 Å². The van der Waals surface area contributed by atoms with E-state index in [2.05, 4.69) is 0 Å². The molecule has 0 spiro atoms.